The predicted octanol–water partition coefficient (Wildman–Crippen LogP) is 3.03. The lowest BCUT2D eigenvalue weighted by Gasteiger charge is -2.05. The van der Waals surface area contributed by atoms with E-state index in [1.165, 1.54) is 12.2 Å². The average Bonchev–Trinajstić information content (AvgIpc) is 2.17. The Labute approximate surface area is 84.7 Å². The summed E-state index contributed by atoms with van der Waals surface area (Å²) in [5.74, 6) is 0. The van der Waals surface area contributed by atoms with Gasteiger partial charge >= 0.3 is 6.18 Å². The van der Waals surface area contributed by atoms with Crippen molar-refractivity contribution in [1.82, 2.24) is 4.98 Å². The third-order valence-electron chi connectivity index (χ3n) is 1.61. The molecule has 1 heterocycles. The van der Waals surface area contributed by atoms with Gasteiger partial charge in [0.25, 0.3) is 0 Å². The summed E-state index contributed by atoms with van der Waals surface area (Å²) >= 11 is 0. The number of alkyl halides is 3. The molecular weight excluding hydrogens is 205 g/mol. The summed E-state index contributed by atoms with van der Waals surface area (Å²) in [4.78, 5) is 3.73. The van der Waals surface area contributed by atoms with E-state index >= 15 is 0 Å². The third kappa shape index (κ3) is 3.43. The molecule has 0 fully saturated rings. The molecule has 0 unspecified atom stereocenters. The minimum atomic E-state index is -4.36. The number of hydrogen-bond donors (Lipinski definition) is 0. The number of halogens is 3. The van der Waals surface area contributed by atoms with E-state index < -0.39 is 11.7 Å². The lowest BCUT2D eigenvalue weighted by molar-refractivity contribution is -0.137. The molecule has 0 saturated carbocycles. The van der Waals surface area contributed by atoms with Crippen molar-refractivity contribution in [3.05, 3.63) is 35.7 Å². The van der Waals surface area contributed by atoms with E-state index in [9.17, 15) is 13.2 Å². The van der Waals surface area contributed by atoms with E-state index in [2.05, 4.69) is 4.98 Å². The minimum Gasteiger partial charge on any atom is -0.257 e. The number of hydrogen-bond acceptors (Lipinski definition) is 2. The Kier molecular flexibility index (Phi) is 3.45. The Bertz CT molecular complexity index is 402. The molecule has 2 nitrogen and oxygen atoms in total. The Morgan fingerprint density at radius 3 is 2.80 bits per heavy atom. The van der Waals surface area contributed by atoms with E-state index in [0.29, 0.717) is 0 Å². The van der Waals surface area contributed by atoms with Gasteiger partial charge in [-0.15, -0.1) is 0 Å². The molecule has 0 saturated heterocycles. The molecule has 0 bridgehead atoms. The van der Waals surface area contributed by atoms with Crippen LogP contribution in [0.5, 0.6) is 0 Å². The van der Waals surface area contributed by atoms with Crippen LogP contribution in [-0.2, 0) is 6.18 Å². The molecule has 78 valence electrons. The van der Waals surface area contributed by atoms with Crippen LogP contribution >= 0.6 is 0 Å². The van der Waals surface area contributed by atoms with Gasteiger partial charge in [0.1, 0.15) is 0 Å². The van der Waals surface area contributed by atoms with Crippen LogP contribution < -0.4 is 0 Å². The summed E-state index contributed by atoms with van der Waals surface area (Å²) in [5, 5.41) is 8.23. The molecule has 0 aliphatic rings. The van der Waals surface area contributed by atoms with Gasteiger partial charge in [-0.1, -0.05) is 6.08 Å². The number of aromatic nitrogens is 1. The van der Waals surface area contributed by atoms with Gasteiger partial charge in [-0.25, -0.2) is 0 Å². The maximum Gasteiger partial charge on any atom is 0.416 e. The van der Waals surface area contributed by atoms with Crippen molar-refractivity contribution in [2.45, 2.75) is 12.6 Å². The van der Waals surface area contributed by atoms with E-state index in [0.717, 1.165) is 18.3 Å². The molecule has 1 rings (SSSR count). The first kappa shape index (κ1) is 11.2. The highest BCUT2D eigenvalue weighted by Gasteiger charge is 2.30. The first-order chi connectivity index (χ1) is 7.04. The van der Waals surface area contributed by atoms with Crippen molar-refractivity contribution < 1.29 is 13.2 Å². The quantitative estimate of drug-likeness (QED) is 0.755. The van der Waals surface area contributed by atoms with Crippen LogP contribution in [-0.4, -0.2) is 4.98 Å². The van der Waals surface area contributed by atoms with Crippen LogP contribution in [0.4, 0.5) is 13.2 Å². The molecule has 0 atom stereocenters. The second kappa shape index (κ2) is 4.60. The maximum atomic E-state index is 12.3. The average molecular weight is 212 g/mol. The van der Waals surface area contributed by atoms with E-state index in [-0.39, 0.29) is 12.1 Å². The summed E-state index contributed by atoms with van der Waals surface area (Å²) in [7, 11) is 0. The summed E-state index contributed by atoms with van der Waals surface area (Å²) in [6.45, 7) is 0. The number of nitrogens with zero attached hydrogens (tertiary/aromatic N) is 2. The van der Waals surface area contributed by atoms with E-state index in [1.807, 2.05) is 6.07 Å². The van der Waals surface area contributed by atoms with Crippen molar-refractivity contribution in [2.24, 2.45) is 0 Å². The van der Waals surface area contributed by atoms with Crippen LogP contribution in [0.1, 0.15) is 17.7 Å². The van der Waals surface area contributed by atoms with Crippen molar-refractivity contribution in [3.8, 4) is 6.07 Å². The maximum absolute atomic E-state index is 12.3. The zero-order chi connectivity index (χ0) is 11.3. The van der Waals surface area contributed by atoms with Crippen LogP contribution in [0.2, 0.25) is 0 Å². The van der Waals surface area contributed by atoms with Gasteiger partial charge in [-0.2, -0.15) is 18.4 Å². The van der Waals surface area contributed by atoms with Crippen LogP contribution in [0, 0.1) is 11.3 Å². The molecule has 0 aromatic carbocycles. The van der Waals surface area contributed by atoms with Crippen molar-refractivity contribution in [1.29, 1.82) is 5.26 Å². The van der Waals surface area contributed by atoms with Crippen LogP contribution in [0.25, 0.3) is 6.08 Å². The zero-order valence-electron chi connectivity index (χ0n) is 7.62. The third-order valence-corrected chi connectivity index (χ3v) is 1.61. The molecule has 1 aromatic heterocycles. The lowest BCUT2D eigenvalue weighted by Crippen LogP contribution is -2.05. The first-order valence-electron chi connectivity index (χ1n) is 4.11. The van der Waals surface area contributed by atoms with E-state index in [1.54, 1.807) is 0 Å². The first-order valence-corrected chi connectivity index (χ1v) is 4.11. The normalized spacial score (nSPS) is 11.6. The molecule has 0 amide bonds. The van der Waals surface area contributed by atoms with Crippen LogP contribution in [0.15, 0.2) is 24.4 Å². The van der Waals surface area contributed by atoms with Crippen molar-refractivity contribution in [3.63, 3.8) is 0 Å². The monoisotopic (exact) mass is 212 g/mol. The van der Waals surface area contributed by atoms with Gasteiger partial charge in [-0.05, 0) is 18.2 Å². The highest BCUT2D eigenvalue weighted by Crippen LogP contribution is 2.29. The number of nitriles is 1. The SMILES string of the molecule is N#CCC=Cc1cc(C(F)(F)F)ccn1. The molecule has 0 N–H and O–H groups in total. The molecule has 0 radical (unpaired) electrons. The lowest BCUT2D eigenvalue weighted by atomic mass is 10.2. The van der Waals surface area contributed by atoms with Gasteiger partial charge in [0, 0.05) is 6.20 Å². The fourth-order valence-corrected chi connectivity index (χ4v) is 0.948. The van der Waals surface area contributed by atoms with Crippen molar-refractivity contribution >= 4 is 6.08 Å². The highest BCUT2D eigenvalue weighted by molar-refractivity contribution is 5.46. The van der Waals surface area contributed by atoms with Gasteiger partial charge in [0.05, 0.1) is 23.7 Å². The van der Waals surface area contributed by atoms with Gasteiger partial charge in [0.15, 0.2) is 0 Å². The topological polar surface area (TPSA) is 36.7 Å². The molecule has 0 aliphatic heterocycles. The number of pyridine rings is 1. The molecule has 0 aliphatic carbocycles. The van der Waals surface area contributed by atoms with Gasteiger partial charge < -0.3 is 0 Å². The van der Waals surface area contributed by atoms with Gasteiger partial charge in [0.2, 0.25) is 0 Å². The largest absolute Gasteiger partial charge is 0.416 e. The second-order valence-corrected chi connectivity index (χ2v) is 2.73. The molecular formula is C10H7F3N2. The fraction of sp³-hybridized carbons (Fsp3) is 0.200. The Morgan fingerprint density at radius 2 is 2.20 bits per heavy atom. The standard InChI is InChI=1S/C10H7F3N2/c11-10(12,13)8-4-6-15-9(7-8)3-1-2-5-14/h1,3-4,6-7H,2H2. The number of allylic oxidation sites excluding steroid dienone is 1. The smallest absolute Gasteiger partial charge is 0.257 e. The minimum absolute atomic E-state index is 0.151. The van der Waals surface area contributed by atoms with Crippen LogP contribution in [0.3, 0.4) is 0 Å². The summed E-state index contributed by atoms with van der Waals surface area (Å²) in [6.07, 6.45) is -0.269. The predicted molar refractivity (Wildman–Crippen MR) is 48.5 cm³/mol. The Balaban J connectivity index is 2.89. The Hall–Kier alpha value is -1.83. The zero-order valence-corrected chi connectivity index (χ0v) is 7.62. The molecule has 5 heteroatoms. The molecule has 0 spiro atoms. The van der Waals surface area contributed by atoms with E-state index in [4.69, 9.17) is 5.26 Å². The van der Waals surface area contributed by atoms with Gasteiger partial charge in [-0.3, -0.25) is 4.98 Å². The fourth-order valence-electron chi connectivity index (χ4n) is 0.948. The highest BCUT2D eigenvalue weighted by atomic mass is 19.4. The summed E-state index contributed by atoms with van der Waals surface area (Å²) in [6, 6.07) is 3.69. The number of rotatable bonds is 2. The summed E-state index contributed by atoms with van der Waals surface area (Å²) < 4.78 is 36.8. The second-order valence-electron chi connectivity index (χ2n) is 2.73. The summed E-state index contributed by atoms with van der Waals surface area (Å²) in [5.41, 5.74) is -0.547. The molecule has 15 heavy (non-hydrogen) atoms. The Morgan fingerprint density at radius 1 is 1.47 bits per heavy atom. The van der Waals surface area contributed by atoms with Crippen molar-refractivity contribution in [2.75, 3.05) is 0 Å². The molecule has 1 aromatic rings.